The Balaban J connectivity index is 1.24. The Labute approximate surface area is 208 Å². The number of hydrogen-bond donors (Lipinski definition) is 1. The van der Waals surface area contributed by atoms with Gasteiger partial charge in [-0.25, -0.2) is 4.39 Å². The van der Waals surface area contributed by atoms with Gasteiger partial charge in [-0.2, -0.15) is 5.10 Å². The molecule has 0 spiro atoms. The van der Waals surface area contributed by atoms with Gasteiger partial charge < -0.3 is 10.0 Å². The normalized spacial score (nSPS) is 20.6. The van der Waals surface area contributed by atoms with E-state index in [0.717, 1.165) is 22.0 Å². The number of benzene rings is 2. The quantitative estimate of drug-likeness (QED) is 0.597. The number of rotatable bonds is 5. The van der Waals surface area contributed by atoms with Crippen LogP contribution in [0, 0.1) is 11.7 Å². The van der Waals surface area contributed by atoms with Crippen molar-refractivity contribution in [2.45, 2.75) is 37.8 Å². The van der Waals surface area contributed by atoms with Crippen LogP contribution in [0.2, 0.25) is 0 Å². The molecule has 2 aromatic carbocycles. The summed E-state index contributed by atoms with van der Waals surface area (Å²) in [6.07, 6.45) is 2.80. The number of carbonyl (C=O) groups excluding carboxylic acids is 2. The molecule has 0 unspecified atom stereocenters. The van der Waals surface area contributed by atoms with Gasteiger partial charge in [0, 0.05) is 38.0 Å². The maximum Gasteiger partial charge on any atom is 0.255 e. The Bertz CT molecular complexity index is 1450. The van der Waals surface area contributed by atoms with Crippen molar-refractivity contribution in [3.05, 3.63) is 54.0 Å². The number of amidine groups is 1. The molecule has 1 N–H and O–H groups in total. The van der Waals surface area contributed by atoms with Crippen molar-refractivity contribution >= 4 is 28.6 Å². The van der Waals surface area contributed by atoms with Crippen molar-refractivity contribution in [2.75, 3.05) is 19.6 Å². The predicted octanol–water partition coefficient (Wildman–Crippen LogP) is 2.73. The van der Waals surface area contributed by atoms with Crippen LogP contribution in [0.25, 0.3) is 22.0 Å². The second kappa shape index (κ2) is 7.70. The number of carbonyl (C=O) groups is 2. The zero-order valence-electron chi connectivity index (χ0n) is 20.5. The molecule has 2 aliphatic heterocycles. The minimum absolute atomic E-state index is 0.0490. The highest BCUT2D eigenvalue weighted by Gasteiger charge is 2.53. The Hall–Kier alpha value is -3.59. The lowest BCUT2D eigenvalue weighted by Gasteiger charge is -2.42. The van der Waals surface area contributed by atoms with E-state index in [1.165, 1.54) is 6.07 Å². The summed E-state index contributed by atoms with van der Waals surface area (Å²) in [6.45, 7) is 4.74. The highest BCUT2D eigenvalue weighted by molar-refractivity contribution is 6.15. The first-order valence-electron chi connectivity index (χ1n) is 12.2. The van der Waals surface area contributed by atoms with E-state index in [-0.39, 0.29) is 23.3 Å². The van der Waals surface area contributed by atoms with Crippen molar-refractivity contribution < 1.29 is 19.1 Å². The van der Waals surface area contributed by atoms with Crippen LogP contribution in [0.3, 0.4) is 0 Å². The average molecular weight is 490 g/mol. The van der Waals surface area contributed by atoms with Crippen molar-refractivity contribution in [1.29, 1.82) is 0 Å². The molecule has 1 saturated carbocycles. The lowest BCUT2D eigenvalue weighted by Crippen LogP contribution is -2.58. The fourth-order valence-electron chi connectivity index (χ4n) is 5.13. The van der Waals surface area contributed by atoms with Crippen molar-refractivity contribution in [1.82, 2.24) is 19.6 Å². The van der Waals surface area contributed by atoms with Gasteiger partial charge in [0.2, 0.25) is 0 Å². The summed E-state index contributed by atoms with van der Waals surface area (Å²) in [6, 6.07) is 10.9. The standard InChI is InChI=1S/C27H28FN5O3/c1-26(2)24(34)33(15-16-13-32(14-16)25(35)27(36)8-9-27)23(30-26)20-6-4-18(11-21(20)28)17-5-7-22-19(10-17)12-29-31(22)3/h4-7,10-12,16,36H,8-9,13-15H2,1-3H3. The Morgan fingerprint density at radius 1 is 1.14 bits per heavy atom. The van der Waals surface area contributed by atoms with E-state index in [2.05, 4.69) is 10.1 Å². The van der Waals surface area contributed by atoms with Gasteiger partial charge in [0.05, 0.1) is 17.3 Å². The minimum atomic E-state index is -1.19. The second-order valence-corrected chi connectivity index (χ2v) is 10.8. The summed E-state index contributed by atoms with van der Waals surface area (Å²) in [7, 11) is 1.88. The van der Waals surface area contributed by atoms with Gasteiger partial charge in [0.1, 0.15) is 22.8 Å². The topological polar surface area (TPSA) is 91.0 Å². The molecule has 3 aliphatic rings. The average Bonchev–Trinajstić information content (AvgIpc) is 3.40. The Morgan fingerprint density at radius 3 is 2.53 bits per heavy atom. The van der Waals surface area contributed by atoms with E-state index < -0.39 is 17.0 Å². The van der Waals surface area contributed by atoms with Crippen LogP contribution < -0.4 is 0 Å². The van der Waals surface area contributed by atoms with Gasteiger partial charge in [-0.3, -0.25) is 24.2 Å². The fourth-order valence-corrected chi connectivity index (χ4v) is 5.13. The summed E-state index contributed by atoms with van der Waals surface area (Å²) < 4.78 is 17.3. The molecule has 1 aromatic heterocycles. The molecule has 0 bridgehead atoms. The van der Waals surface area contributed by atoms with Crippen LogP contribution in [0.4, 0.5) is 4.39 Å². The molecule has 6 rings (SSSR count). The largest absolute Gasteiger partial charge is 0.380 e. The minimum Gasteiger partial charge on any atom is -0.380 e. The molecule has 0 radical (unpaired) electrons. The first-order chi connectivity index (χ1) is 17.1. The van der Waals surface area contributed by atoms with E-state index in [9.17, 15) is 14.7 Å². The van der Waals surface area contributed by atoms with Crippen molar-refractivity contribution in [3.8, 4) is 11.1 Å². The van der Waals surface area contributed by atoms with Crippen molar-refractivity contribution in [2.24, 2.45) is 18.0 Å². The number of amides is 2. The van der Waals surface area contributed by atoms with Crippen LogP contribution in [-0.2, 0) is 16.6 Å². The Kier molecular flexibility index (Phi) is 4.89. The first-order valence-corrected chi connectivity index (χ1v) is 12.2. The molecule has 186 valence electrons. The number of likely N-dealkylation sites (tertiary alicyclic amines) is 1. The summed E-state index contributed by atoms with van der Waals surface area (Å²) in [5.41, 5.74) is 0.696. The number of aromatic nitrogens is 2. The molecule has 3 aromatic rings. The number of hydrogen-bond acceptors (Lipinski definition) is 5. The number of fused-ring (bicyclic) bond motifs is 1. The maximum absolute atomic E-state index is 15.5. The second-order valence-electron chi connectivity index (χ2n) is 10.8. The van der Waals surface area contributed by atoms with Crippen LogP contribution in [0.1, 0.15) is 32.3 Å². The lowest BCUT2D eigenvalue weighted by molar-refractivity contribution is -0.149. The molecule has 1 aliphatic carbocycles. The third-order valence-electron chi connectivity index (χ3n) is 7.51. The molecule has 36 heavy (non-hydrogen) atoms. The summed E-state index contributed by atoms with van der Waals surface area (Å²) in [5, 5.41) is 15.3. The Morgan fingerprint density at radius 2 is 1.83 bits per heavy atom. The lowest BCUT2D eigenvalue weighted by atomic mass is 9.96. The van der Waals surface area contributed by atoms with Gasteiger partial charge in [-0.15, -0.1) is 0 Å². The van der Waals surface area contributed by atoms with E-state index in [4.69, 9.17) is 0 Å². The smallest absolute Gasteiger partial charge is 0.255 e. The molecule has 3 heterocycles. The van der Waals surface area contributed by atoms with Gasteiger partial charge in [0.15, 0.2) is 0 Å². The van der Waals surface area contributed by atoms with Gasteiger partial charge >= 0.3 is 0 Å². The summed E-state index contributed by atoms with van der Waals surface area (Å²) in [4.78, 5) is 33.3. The predicted molar refractivity (Wildman–Crippen MR) is 133 cm³/mol. The van der Waals surface area contributed by atoms with E-state index >= 15 is 4.39 Å². The third kappa shape index (κ3) is 3.61. The van der Waals surface area contributed by atoms with Gasteiger partial charge in [0.25, 0.3) is 11.8 Å². The fraction of sp³-hybridized carbons (Fsp3) is 0.407. The SMILES string of the molecule is Cn1ncc2cc(-c3ccc(C4=NC(C)(C)C(=O)N4CC4CN(C(=O)C5(O)CC5)C4)c(F)c3)ccc21. The van der Waals surface area contributed by atoms with Gasteiger partial charge in [-0.1, -0.05) is 12.1 Å². The molecule has 8 nitrogen and oxygen atoms in total. The molecule has 9 heteroatoms. The summed E-state index contributed by atoms with van der Waals surface area (Å²) >= 11 is 0. The van der Waals surface area contributed by atoms with E-state index in [1.54, 1.807) is 40.6 Å². The number of aliphatic imine (C=N–C) groups is 1. The highest BCUT2D eigenvalue weighted by atomic mass is 19.1. The monoisotopic (exact) mass is 489 g/mol. The maximum atomic E-state index is 15.5. The molecule has 1 saturated heterocycles. The number of halogens is 1. The van der Waals surface area contributed by atoms with Crippen LogP contribution >= 0.6 is 0 Å². The van der Waals surface area contributed by atoms with Crippen molar-refractivity contribution in [3.63, 3.8) is 0 Å². The van der Waals surface area contributed by atoms with E-state index in [0.29, 0.717) is 38.3 Å². The third-order valence-corrected chi connectivity index (χ3v) is 7.51. The first kappa shape index (κ1) is 22.8. The number of aryl methyl sites for hydroxylation is 1. The molecular weight excluding hydrogens is 461 g/mol. The molecule has 0 atom stereocenters. The number of aliphatic hydroxyl groups is 1. The molecule has 2 fully saturated rings. The summed E-state index contributed by atoms with van der Waals surface area (Å²) in [5.74, 6) is -0.495. The number of nitrogens with zero attached hydrogens (tertiary/aromatic N) is 5. The molecular formula is C27H28FN5O3. The zero-order chi connectivity index (χ0) is 25.4. The van der Waals surface area contributed by atoms with Crippen LogP contribution in [-0.4, -0.2) is 73.1 Å². The van der Waals surface area contributed by atoms with Crippen LogP contribution in [0.5, 0.6) is 0 Å². The zero-order valence-corrected chi connectivity index (χ0v) is 20.5. The highest BCUT2D eigenvalue weighted by Crippen LogP contribution is 2.39. The van der Waals surface area contributed by atoms with Crippen LogP contribution in [0.15, 0.2) is 47.6 Å². The van der Waals surface area contributed by atoms with E-state index in [1.807, 2.05) is 31.3 Å². The van der Waals surface area contributed by atoms with Gasteiger partial charge in [-0.05, 0) is 62.1 Å². The molecule has 2 amide bonds.